The summed E-state index contributed by atoms with van der Waals surface area (Å²) >= 11 is 0. The van der Waals surface area contributed by atoms with Crippen molar-refractivity contribution in [2.75, 3.05) is 33.4 Å². The van der Waals surface area contributed by atoms with Gasteiger partial charge in [-0.05, 0) is 27.7 Å². The zero-order valence-electron chi connectivity index (χ0n) is 17.6. The maximum absolute atomic E-state index is 13.2. The second-order valence-corrected chi connectivity index (χ2v) is 6.93. The van der Waals surface area contributed by atoms with Crippen molar-refractivity contribution in [3.63, 3.8) is 0 Å². The predicted octanol–water partition coefficient (Wildman–Crippen LogP) is -0.764. The lowest BCUT2D eigenvalue weighted by Gasteiger charge is -2.35. The summed E-state index contributed by atoms with van der Waals surface area (Å²) in [5, 5.41) is 5.77. The fraction of sp³-hybridized carbons (Fsp3) is 0.611. The van der Waals surface area contributed by atoms with Crippen molar-refractivity contribution < 1.29 is 33.2 Å². The van der Waals surface area contributed by atoms with Gasteiger partial charge in [-0.25, -0.2) is 19.1 Å². The van der Waals surface area contributed by atoms with E-state index in [2.05, 4.69) is 10.1 Å². The van der Waals surface area contributed by atoms with Crippen LogP contribution < -0.4 is 0 Å². The van der Waals surface area contributed by atoms with Crippen LogP contribution in [0.2, 0.25) is 0 Å². The Hall–Kier alpha value is -3.31. The number of carbonyl (C=O) groups excluding carboxylic acids is 4. The van der Waals surface area contributed by atoms with E-state index in [-0.39, 0.29) is 37.6 Å². The van der Waals surface area contributed by atoms with E-state index in [1.54, 1.807) is 25.3 Å². The number of hydrogen-bond acceptors (Lipinski definition) is 9. The molecule has 0 saturated carbocycles. The van der Waals surface area contributed by atoms with Gasteiger partial charge in [0, 0.05) is 7.05 Å². The molecule has 12 nitrogen and oxygen atoms in total. The summed E-state index contributed by atoms with van der Waals surface area (Å²) in [6.07, 6.45) is 0. The van der Waals surface area contributed by atoms with E-state index in [0.29, 0.717) is 5.71 Å². The summed E-state index contributed by atoms with van der Waals surface area (Å²) in [7, 11) is 1.48. The number of amidine groups is 1. The Morgan fingerprint density at radius 3 is 2.30 bits per heavy atom. The van der Waals surface area contributed by atoms with Crippen LogP contribution in [-0.2, 0) is 23.9 Å². The largest absolute Gasteiger partial charge is 0.465 e. The molecule has 0 aromatic rings. The Balaban J connectivity index is 1.97. The summed E-state index contributed by atoms with van der Waals surface area (Å²) in [6, 6.07) is -1.92. The van der Waals surface area contributed by atoms with E-state index in [0.717, 1.165) is 4.90 Å². The Labute approximate surface area is 173 Å². The normalized spacial score (nSPS) is 23.2. The summed E-state index contributed by atoms with van der Waals surface area (Å²) < 4.78 is 11.6. The van der Waals surface area contributed by atoms with Gasteiger partial charge >= 0.3 is 23.9 Å². The number of aliphatic imine (C=N–C) groups is 1. The van der Waals surface area contributed by atoms with Crippen molar-refractivity contribution in [2.24, 2.45) is 10.1 Å². The molecule has 1 saturated heterocycles. The Bertz CT molecular complexity index is 894. The SMILES string of the molecule is CCOC(=O)CN1N=C(C)C(C)[N+]2=C1N=C1C2C(=O)N(CC(=O)OCC)C(=O)N1C. The zero-order valence-corrected chi connectivity index (χ0v) is 17.6. The number of guanidine groups is 1. The number of carbonyl (C=O) groups is 4. The van der Waals surface area contributed by atoms with Crippen molar-refractivity contribution >= 4 is 41.4 Å². The minimum Gasteiger partial charge on any atom is -0.465 e. The third kappa shape index (κ3) is 3.53. The van der Waals surface area contributed by atoms with Crippen LogP contribution in [0.15, 0.2) is 10.1 Å². The van der Waals surface area contributed by atoms with Gasteiger partial charge in [0.2, 0.25) is 11.9 Å². The van der Waals surface area contributed by atoms with Gasteiger partial charge in [-0.1, -0.05) is 4.99 Å². The highest BCUT2D eigenvalue weighted by Crippen LogP contribution is 2.25. The van der Waals surface area contributed by atoms with Gasteiger partial charge in [0.25, 0.3) is 5.91 Å². The smallest absolute Gasteiger partial charge is 0.417 e. The molecule has 3 aliphatic rings. The molecule has 1 fully saturated rings. The Morgan fingerprint density at radius 2 is 1.70 bits per heavy atom. The third-order valence-electron chi connectivity index (χ3n) is 5.04. The Morgan fingerprint density at radius 1 is 1.10 bits per heavy atom. The van der Waals surface area contributed by atoms with Crippen molar-refractivity contribution in [1.82, 2.24) is 14.8 Å². The zero-order chi connectivity index (χ0) is 22.2. The predicted molar refractivity (Wildman–Crippen MR) is 104 cm³/mol. The van der Waals surface area contributed by atoms with Crippen LogP contribution in [0.1, 0.15) is 27.7 Å². The highest BCUT2D eigenvalue weighted by Gasteiger charge is 2.56. The number of imide groups is 1. The van der Waals surface area contributed by atoms with Crippen molar-refractivity contribution in [3.05, 3.63) is 0 Å². The van der Waals surface area contributed by atoms with Crippen LogP contribution >= 0.6 is 0 Å². The van der Waals surface area contributed by atoms with Crippen molar-refractivity contribution in [1.29, 1.82) is 0 Å². The highest BCUT2D eigenvalue weighted by atomic mass is 16.5. The first-order chi connectivity index (χ1) is 14.2. The van der Waals surface area contributed by atoms with Crippen LogP contribution in [0, 0.1) is 0 Å². The number of ether oxygens (including phenoxy) is 2. The van der Waals surface area contributed by atoms with Gasteiger partial charge in [0.15, 0.2) is 6.54 Å². The van der Waals surface area contributed by atoms with E-state index in [1.807, 2.05) is 6.92 Å². The third-order valence-corrected chi connectivity index (χ3v) is 5.04. The molecule has 0 aromatic carbocycles. The molecule has 3 heterocycles. The fourth-order valence-electron chi connectivity index (χ4n) is 3.49. The first-order valence-corrected chi connectivity index (χ1v) is 9.68. The van der Waals surface area contributed by atoms with Crippen LogP contribution in [0.3, 0.4) is 0 Å². The number of likely N-dealkylation sites (N-methyl/N-ethyl adjacent to an activating group) is 1. The average molecular weight is 421 g/mol. The summed E-state index contributed by atoms with van der Waals surface area (Å²) in [6.45, 7) is 6.65. The molecule has 3 amide bonds. The second kappa shape index (κ2) is 8.20. The quantitative estimate of drug-likeness (QED) is 0.408. The number of amides is 3. The highest BCUT2D eigenvalue weighted by molar-refractivity contribution is 6.23. The molecule has 2 unspecified atom stereocenters. The lowest BCUT2D eigenvalue weighted by Crippen LogP contribution is -2.65. The number of hydrazone groups is 1. The first kappa shape index (κ1) is 21.4. The minimum atomic E-state index is -0.928. The standard InChI is InChI=1S/C18H25N6O6/c1-6-29-12(25)8-22-16(27)14-15(21(5)18(22)28)19-17-23(9-13(26)30-7-2)20-10(3)11(4)24(14)17/h11,14H,6-9H2,1-5H3/q+1. The van der Waals surface area contributed by atoms with Gasteiger partial charge in [-0.3, -0.25) is 14.5 Å². The lowest BCUT2D eigenvalue weighted by atomic mass is 10.1. The number of esters is 2. The molecule has 0 aromatic heterocycles. The monoisotopic (exact) mass is 421 g/mol. The van der Waals surface area contributed by atoms with Gasteiger partial charge in [-0.2, -0.15) is 0 Å². The minimum absolute atomic E-state index is 0.139. The number of urea groups is 1. The summed E-state index contributed by atoms with van der Waals surface area (Å²) in [5.41, 5.74) is 0.656. The van der Waals surface area contributed by atoms with Crippen LogP contribution in [-0.4, -0.2) is 106 Å². The van der Waals surface area contributed by atoms with Gasteiger partial charge in [-0.15, -0.1) is 10.1 Å². The Kier molecular flexibility index (Phi) is 5.85. The van der Waals surface area contributed by atoms with Gasteiger partial charge < -0.3 is 9.47 Å². The first-order valence-electron chi connectivity index (χ1n) is 9.68. The molecule has 30 heavy (non-hydrogen) atoms. The summed E-state index contributed by atoms with van der Waals surface area (Å²) in [4.78, 5) is 56.4. The van der Waals surface area contributed by atoms with Crippen LogP contribution in [0.4, 0.5) is 4.79 Å². The van der Waals surface area contributed by atoms with Crippen molar-refractivity contribution in [3.8, 4) is 0 Å². The number of rotatable bonds is 6. The molecule has 2 atom stereocenters. The molecule has 12 heteroatoms. The van der Waals surface area contributed by atoms with E-state index >= 15 is 0 Å². The maximum Gasteiger partial charge on any atom is 0.417 e. The van der Waals surface area contributed by atoms with Gasteiger partial charge in [0.05, 0.1) is 18.9 Å². The second-order valence-electron chi connectivity index (χ2n) is 6.93. The molecule has 3 aliphatic heterocycles. The van der Waals surface area contributed by atoms with Crippen LogP contribution in [0.5, 0.6) is 0 Å². The molecular formula is C18H25N6O6+. The molecule has 3 rings (SSSR count). The number of hydrogen-bond donors (Lipinski definition) is 0. The number of fused-ring (bicyclic) bond motifs is 2. The average Bonchev–Trinajstić information content (AvgIpc) is 3.09. The van der Waals surface area contributed by atoms with E-state index in [1.165, 1.54) is 17.0 Å². The molecule has 162 valence electrons. The maximum atomic E-state index is 13.2. The van der Waals surface area contributed by atoms with Crippen LogP contribution in [0.25, 0.3) is 0 Å². The van der Waals surface area contributed by atoms with E-state index in [9.17, 15) is 19.2 Å². The topological polar surface area (TPSA) is 124 Å². The van der Waals surface area contributed by atoms with E-state index in [4.69, 9.17) is 9.47 Å². The molecule has 0 radical (unpaired) electrons. The van der Waals surface area contributed by atoms with E-state index < -0.39 is 36.5 Å². The fourth-order valence-corrected chi connectivity index (χ4v) is 3.49. The molecular weight excluding hydrogens is 396 g/mol. The summed E-state index contributed by atoms with van der Waals surface area (Å²) in [5.74, 6) is -1.27. The van der Waals surface area contributed by atoms with Crippen molar-refractivity contribution in [2.45, 2.75) is 39.8 Å². The molecule has 0 N–H and O–H groups in total. The molecule has 0 bridgehead atoms. The van der Waals surface area contributed by atoms with Gasteiger partial charge in [0.1, 0.15) is 12.6 Å². The lowest BCUT2D eigenvalue weighted by molar-refractivity contribution is -0.559. The number of nitrogens with zero attached hydrogens (tertiary/aromatic N) is 6. The molecule has 0 aliphatic carbocycles. The molecule has 0 spiro atoms.